The van der Waals surface area contributed by atoms with E-state index in [1.54, 1.807) is 15.9 Å². The molecule has 0 atom stereocenters. The number of amides is 1. The van der Waals surface area contributed by atoms with Crippen molar-refractivity contribution < 1.29 is 4.79 Å². The molecule has 3 aromatic rings. The lowest BCUT2D eigenvalue weighted by atomic mass is 9.98. The number of carbonyl (C=O) groups excluding carboxylic acids is 1. The number of carbonyl (C=O) groups is 1. The molecule has 0 bridgehead atoms. The van der Waals surface area contributed by atoms with E-state index >= 15 is 0 Å². The zero-order valence-corrected chi connectivity index (χ0v) is 13.7. The minimum absolute atomic E-state index is 0.0324. The molecule has 1 aliphatic heterocycles. The summed E-state index contributed by atoms with van der Waals surface area (Å²) in [6, 6.07) is 11.5. The van der Waals surface area contributed by atoms with Gasteiger partial charge in [-0.15, -0.1) is 0 Å². The summed E-state index contributed by atoms with van der Waals surface area (Å²) in [5.74, 6) is 1.52. The molecule has 126 valence electrons. The van der Waals surface area contributed by atoms with Gasteiger partial charge in [-0.2, -0.15) is 5.10 Å². The maximum absolute atomic E-state index is 12.6. The van der Waals surface area contributed by atoms with Crippen molar-refractivity contribution >= 4 is 17.4 Å². The van der Waals surface area contributed by atoms with Gasteiger partial charge in [0.25, 0.3) is 0 Å². The van der Waals surface area contributed by atoms with Gasteiger partial charge in [0.15, 0.2) is 5.82 Å². The number of aromatic nitrogens is 5. The second-order valence-corrected chi connectivity index (χ2v) is 5.91. The predicted molar refractivity (Wildman–Crippen MR) is 92.5 cm³/mol. The Hall–Kier alpha value is -3.29. The predicted octanol–water partition coefficient (Wildman–Crippen LogP) is 1.16. The quantitative estimate of drug-likeness (QED) is 0.712. The van der Waals surface area contributed by atoms with Gasteiger partial charge in [0.1, 0.15) is 24.8 Å². The molecule has 0 unspecified atom stereocenters. The lowest BCUT2D eigenvalue weighted by Gasteiger charge is -2.40. The number of nitrogens with zero attached hydrogens (tertiary/aromatic N) is 7. The topological polar surface area (TPSA) is 80.0 Å². The van der Waals surface area contributed by atoms with Gasteiger partial charge in [-0.1, -0.05) is 18.2 Å². The molecule has 3 heterocycles. The standard InChI is InChI=1S/C17H17N7O/c1-22(14-5-3-2-4-6-14)17(25)13-8-23(9-13)15-7-16(20-11-19-15)24-12-18-10-21-24/h2-7,10-13H,8-9H2,1H3. The fourth-order valence-electron chi connectivity index (χ4n) is 2.84. The van der Waals surface area contributed by atoms with Crippen molar-refractivity contribution in [1.82, 2.24) is 24.7 Å². The number of anilines is 2. The summed E-state index contributed by atoms with van der Waals surface area (Å²) in [6.45, 7) is 1.29. The maximum atomic E-state index is 12.6. The summed E-state index contributed by atoms with van der Waals surface area (Å²) >= 11 is 0. The average molecular weight is 335 g/mol. The van der Waals surface area contributed by atoms with E-state index < -0.39 is 0 Å². The van der Waals surface area contributed by atoms with Crippen LogP contribution in [0.15, 0.2) is 55.4 Å². The largest absolute Gasteiger partial charge is 0.355 e. The Morgan fingerprint density at radius 3 is 2.60 bits per heavy atom. The van der Waals surface area contributed by atoms with Crippen molar-refractivity contribution in [2.75, 3.05) is 29.9 Å². The molecule has 1 aromatic carbocycles. The van der Waals surface area contributed by atoms with Crippen molar-refractivity contribution in [3.05, 3.63) is 55.4 Å². The fourth-order valence-corrected chi connectivity index (χ4v) is 2.84. The van der Waals surface area contributed by atoms with E-state index in [4.69, 9.17) is 0 Å². The molecular weight excluding hydrogens is 318 g/mol. The van der Waals surface area contributed by atoms with Crippen LogP contribution in [-0.4, -0.2) is 50.8 Å². The van der Waals surface area contributed by atoms with Crippen LogP contribution in [0.25, 0.3) is 5.82 Å². The number of benzene rings is 1. The first-order chi connectivity index (χ1) is 12.2. The third-order valence-electron chi connectivity index (χ3n) is 4.32. The minimum Gasteiger partial charge on any atom is -0.355 e. The molecule has 8 heteroatoms. The lowest BCUT2D eigenvalue weighted by molar-refractivity contribution is -0.122. The molecule has 2 aromatic heterocycles. The van der Waals surface area contributed by atoms with Crippen molar-refractivity contribution in [1.29, 1.82) is 0 Å². The third kappa shape index (κ3) is 2.93. The fraction of sp³-hybridized carbons (Fsp3) is 0.235. The van der Waals surface area contributed by atoms with E-state index in [9.17, 15) is 4.79 Å². The van der Waals surface area contributed by atoms with Crippen LogP contribution in [0.3, 0.4) is 0 Å². The molecule has 1 aliphatic rings. The Labute approximate surface area is 144 Å². The van der Waals surface area contributed by atoms with E-state index in [1.807, 2.05) is 43.4 Å². The molecule has 0 N–H and O–H groups in total. The summed E-state index contributed by atoms with van der Waals surface area (Å²) in [5, 5.41) is 4.07. The van der Waals surface area contributed by atoms with Crippen LogP contribution in [0.2, 0.25) is 0 Å². The second-order valence-electron chi connectivity index (χ2n) is 5.91. The van der Waals surface area contributed by atoms with Crippen molar-refractivity contribution in [2.45, 2.75) is 0 Å². The normalized spacial score (nSPS) is 14.2. The lowest BCUT2D eigenvalue weighted by Crippen LogP contribution is -2.54. The van der Waals surface area contributed by atoms with E-state index in [2.05, 4.69) is 25.0 Å². The van der Waals surface area contributed by atoms with Crippen LogP contribution in [-0.2, 0) is 4.79 Å². The van der Waals surface area contributed by atoms with Crippen LogP contribution in [0, 0.1) is 5.92 Å². The Morgan fingerprint density at radius 2 is 1.88 bits per heavy atom. The summed E-state index contributed by atoms with van der Waals surface area (Å²) in [4.78, 5) is 28.8. The highest BCUT2D eigenvalue weighted by Crippen LogP contribution is 2.26. The molecule has 25 heavy (non-hydrogen) atoms. The smallest absolute Gasteiger partial charge is 0.233 e. The average Bonchev–Trinajstić information content (AvgIpc) is 3.15. The number of para-hydroxylation sites is 1. The van der Waals surface area contributed by atoms with Gasteiger partial charge in [-0.3, -0.25) is 4.79 Å². The van der Waals surface area contributed by atoms with E-state index in [-0.39, 0.29) is 11.8 Å². The van der Waals surface area contributed by atoms with Gasteiger partial charge in [-0.05, 0) is 12.1 Å². The Kier molecular flexibility index (Phi) is 3.85. The molecule has 0 saturated carbocycles. The second kappa shape index (κ2) is 6.31. The van der Waals surface area contributed by atoms with Crippen LogP contribution < -0.4 is 9.80 Å². The van der Waals surface area contributed by atoms with Crippen LogP contribution in [0.4, 0.5) is 11.5 Å². The third-order valence-corrected chi connectivity index (χ3v) is 4.32. The molecule has 1 fully saturated rings. The molecule has 8 nitrogen and oxygen atoms in total. The Bertz CT molecular complexity index is 860. The zero-order valence-electron chi connectivity index (χ0n) is 13.7. The van der Waals surface area contributed by atoms with Crippen LogP contribution in [0.5, 0.6) is 0 Å². The summed E-state index contributed by atoms with van der Waals surface area (Å²) in [7, 11) is 1.81. The van der Waals surface area contributed by atoms with Crippen LogP contribution >= 0.6 is 0 Å². The number of rotatable bonds is 4. The van der Waals surface area contributed by atoms with Crippen LogP contribution in [0.1, 0.15) is 0 Å². The number of hydrogen-bond donors (Lipinski definition) is 0. The van der Waals surface area contributed by atoms with Crippen molar-refractivity contribution in [3.63, 3.8) is 0 Å². The first-order valence-electron chi connectivity index (χ1n) is 7.97. The summed E-state index contributed by atoms with van der Waals surface area (Å²) < 4.78 is 1.58. The SMILES string of the molecule is CN(C(=O)C1CN(c2cc(-n3cncn3)ncn2)C1)c1ccccc1. The summed E-state index contributed by atoms with van der Waals surface area (Å²) in [5.41, 5.74) is 0.904. The Balaban J connectivity index is 1.42. The van der Waals surface area contributed by atoms with Crippen molar-refractivity contribution in [3.8, 4) is 5.82 Å². The van der Waals surface area contributed by atoms with Gasteiger partial charge in [0.2, 0.25) is 5.91 Å². The first-order valence-corrected chi connectivity index (χ1v) is 7.97. The van der Waals surface area contributed by atoms with Gasteiger partial charge < -0.3 is 9.80 Å². The molecule has 1 saturated heterocycles. The molecule has 4 rings (SSSR count). The molecule has 0 radical (unpaired) electrons. The van der Waals surface area contributed by atoms with Gasteiger partial charge in [0.05, 0.1) is 5.92 Å². The molecule has 1 amide bonds. The molecule has 0 aliphatic carbocycles. The monoisotopic (exact) mass is 335 g/mol. The van der Waals surface area contributed by atoms with Crippen molar-refractivity contribution in [2.24, 2.45) is 5.92 Å². The highest BCUT2D eigenvalue weighted by Gasteiger charge is 2.35. The molecular formula is C17H17N7O. The zero-order chi connectivity index (χ0) is 17.2. The van der Waals surface area contributed by atoms with E-state index in [0.29, 0.717) is 18.9 Å². The van der Waals surface area contributed by atoms with Gasteiger partial charge >= 0.3 is 0 Å². The first kappa shape index (κ1) is 15.3. The highest BCUT2D eigenvalue weighted by molar-refractivity contribution is 5.96. The maximum Gasteiger partial charge on any atom is 0.233 e. The van der Waals surface area contributed by atoms with E-state index in [1.165, 1.54) is 12.7 Å². The highest BCUT2D eigenvalue weighted by atomic mass is 16.2. The molecule has 0 spiro atoms. The Morgan fingerprint density at radius 1 is 1.12 bits per heavy atom. The van der Waals surface area contributed by atoms with Gasteiger partial charge in [-0.25, -0.2) is 19.6 Å². The minimum atomic E-state index is -0.0324. The summed E-state index contributed by atoms with van der Waals surface area (Å²) in [6.07, 6.45) is 4.54. The van der Waals surface area contributed by atoms with Gasteiger partial charge in [0, 0.05) is 31.9 Å². The van der Waals surface area contributed by atoms with E-state index in [0.717, 1.165) is 11.5 Å². The number of hydrogen-bond acceptors (Lipinski definition) is 6.